The summed E-state index contributed by atoms with van der Waals surface area (Å²) in [5.74, 6) is 0.832. The molecule has 1 saturated heterocycles. The van der Waals surface area contributed by atoms with Crippen LogP contribution in [0.3, 0.4) is 0 Å². The molecule has 2 heterocycles. The molecule has 30 heavy (non-hydrogen) atoms. The molecule has 1 fully saturated rings. The van der Waals surface area contributed by atoms with Crippen molar-refractivity contribution in [2.24, 2.45) is 0 Å². The van der Waals surface area contributed by atoms with E-state index in [4.69, 9.17) is 27.9 Å². The molecule has 2 aliphatic rings. The summed E-state index contributed by atoms with van der Waals surface area (Å²) in [6.07, 6.45) is 5.84. The average molecular weight is 446 g/mol. The predicted molar refractivity (Wildman–Crippen MR) is 123 cm³/mol. The van der Waals surface area contributed by atoms with Crippen molar-refractivity contribution in [1.29, 1.82) is 0 Å². The number of methoxy groups -OCH3 is 1. The number of carbonyl (C=O) groups is 1. The van der Waals surface area contributed by atoms with Gasteiger partial charge in [-0.1, -0.05) is 41.4 Å². The van der Waals surface area contributed by atoms with Crippen molar-refractivity contribution in [3.05, 3.63) is 63.6 Å². The van der Waals surface area contributed by atoms with Gasteiger partial charge in [0.15, 0.2) is 0 Å². The van der Waals surface area contributed by atoms with Crippen molar-refractivity contribution in [3.63, 3.8) is 0 Å². The summed E-state index contributed by atoms with van der Waals surface area (Å²) in [7, 11) is 1.68. The molecule has 0 aliphatic carbocycles. The van der Waals surface area contributed by atoms with Gasteiger partial charge in [0, 0.05) is 24.2 Å². The Labute approximate surface area is 187 Å². The molecule has 0 atom stereocenters. The smallest absolute Gasteiger partial charge is 0.322 e. The number of piperidine rings is 1. The molecule has 1 spiro atoms. The normalized spacial score (nSPS) is 17.4. The molecule has 2 aliphatic heterocycles. The van der Waals surface area contributed by atoms with Gasteiger partial charge in [0.1, 0.15) is 5.75 Å². The van der Waals surface area contributed by atoms with Crippen LogP contribution in [0.25, 0.3) is 6.08 Å². The zero-order valence-electron chi connectivity index (χ0n) is 16.9. The maximum Gasteiger partial charge on any atom is 0.322 e. The maximum absolute atomic E-state index is 13.0. The number of rotatable bonds is 4. The van der Waals surface area contributed by atoms with Gasteiger partial charge < -0.3 is 15.4 Å². The summed E-state index contributed by atoms with van der Waals surface area (Å²) in [5.41, 5.74) is 3.11. The van der Waals surface area contributed by atoms with E-state index in [-0.39, 0.29) is 11.4 Å². The second-order valence-corrected chi connectivity index (χ2v) is 8.58. The molecule has 5 nitrogen and oxygen atoms in total. The first-order chi connectivity index (χ1) is 14.5. The van der Waals surface area contributed by atoms with E-state index < -0.39 is 0 Å². The lowest BCUT2D eigenvalue weighted by atomic mass is 9.75. The lowest BCUT2D eigenvalue weighted by Gasteiger charge is -2.34. The zero-order valence-corrected chi connectivity index (χ0v) is 18.4. The van der Waals surface area contributed by atoms with Crippen LogP contribution in [0, 0.1) is 0 Å². The third kappa shape index (κ3) is 4.15. The summed E-state index contributed by atoms with van der Waals surface area (Å²) in [4.78, 5) is 14.9. The number of nitrogens with one attached hydrogen (secondary N) is 2. The number of halogens is 2. The van der Waals surface area contributed by atoms with Crippen LogP contribution in [0.5, 0.6) is 5.75 Å². The second-order valence-electron chi connectivity index (χ2n) is 7.76. The molecule has 2 N–H and O–H groups in total. The maximum atomic E-state index is 13.0. The minimum atomic E-state index is -0.0874. The highest BCUT2D eigenvalue weighted by molar-refractivity contribution is 6.42. The Bertz CT molecular complexity index is 971. The number of carbonyl (C=O) groups excluding carboxylic acids is 1. The lowest BCUT2D eigenvalue weighted by Crippen LogP contribution is -2.46. The monoisotopic (exact) mass is 445 g/mol. The number of hydrogen-bond donors (Lipinski definition) is 2. The van der Waals surface area contributed by atoms with Gasteiger partial charge in [-0.3, -0.25) is 4.90 Å². The van der Waals surface area contributed by atoms with Gasteiger partial charge in [-0.05, 0) is 67.4 Å². The lowest BCUT2D eigenvalue weighted by molar-refractivity contribution is 0.244. The SMILES string of the molecule is COc1ccc2c(c1)C1(CCNCC1)CN2C(=O)NCC=Cc1ccc(Cl)c(Cl)c1. The van der Waals surface area contributed by atoms with Crippen molar-refractivity contribution >= 4 is 41.0 Å². The molecule has 2 aromatic rings. The van der Waals surface area contributed by atoms with E-state index in [0.717, 1.165) is 42.9 Å². The summed E-state index contributed by atoms with van der Waals surface area (Å²) in [5, 5.41) is 7.47. The molecular formula is C23H25Cl2N3O2. The summed E-state index contributed by atoms with van der Waals surface area (Å²) in [6.45, 7) is 3.03. The van der Waals surface area contributed by atoms with Gasteiger partial charge in [-0.25, -0.2) is 4.79 Å². The fourth-order valence-corrected chi connectivity index (χ4v) is 4.65. The fourth-order valence-electron chi connectivity index (χ4n) is 4.34. The predicted octanol–water partition coefficient (Wildman–Crippen LogP) is 4.87. The fraction of sp³-hybridized carbons (Fsp3) is 0.348. The Morgan fingerprint density at radius 2 is 2.00 bits per heavy atom. The molecule has 0 radical (unpaired) electrons. The number of fused-ring (bicyclic) bond motifs is 2. The third-order valence-corrected chi connectivity index (χ3v) is 6.70. The molecule has 0 saturated carbocycles. The number of hydrogen-bond acceptors (Lipinski definition) is 3. The van der Waals surface area contributed by atoms with Crippen LogP contribution in [-0.2, 0) is 5.41 Å². The van der Waals surface area contributed by atoms with Gasteiger partial charge >= 0.3 is 6.03 Å². The van der Waals surface area contributed by atoms with Gasteiger partial charge in [0.05, 0.1) is 17.2 Å². The van der Waals surface area contributed by atoms with Crippen molar-refractivity contribution in [3.8, 4) is 5.75 Å². The van der Waals surface area contributed by atoms with Crippen LogP contribution in [0.4, 0.5) is 10.5 Å². The molecular weight excluding hydrogens is 421 g/mol. The second kappa shape index (κ2) is 8.88. The topological polar surface area (TPSA) is 53.6 Å². The molecule has 0 bridgehead atoms. The van der Waals surface area contributed by atoms with Crippen LogP contribution in [0.15, 0.2) is 42.5 Å². The first-order valence-corrected chi connectivity index (χ1v) is 10.8. The number of benzene rings is 2. The zero-order chi connectivity index (χ0) is 21.1. The van der Waals surface area contributed by atoms with Crippen molar-refractivity contribution in [2.45, 2.75) is 18.3 Å². The minimum absolute atomic E-state index is 0.0115. The number of nitrogens with zero attached hydrogens (tertiary/aromatic N) is 1. The first-order valence-electron chi connectivity index (χ1n) is 10.1. The molecule has 2 aromatic carbocycles. The third-order valence-electron chi connectivity index (χ3n) is 5.96. The van der Waals surface area contributed by atoms with E-state index in [0.29, 0.717) is 23.1 Å². The highest BCUT2D eigenvalue weighted by Crippen LogP contribution is 2.47. The summed E-state index contributed by atoms with van der Waals surface area (Å²) in [6, 6.07) is 11.4. The minimum Gasteiger partial charge on any atom is -0.497 e. The summed E-state index contributed by atoms with van der Waals surface area (Å²) < 4.78 is 5.44. The standard InChI is InChI=1S/C23H25Cl2N3O2/c1-30-17-5-7-21-18(14-17)23(8-11-26-12-9-23)15-28(21)22(29)27-10-2-3-16-4-6-19(24)20(25)13-16/h2-7,13-14,26H,8-12,15H2,1H3,(H,27,29). The Morgan fingerprint density at radius 3 is 2.73 bits per heavy atom. The molecule has 7 heteroatoms. The van der Waals surface area contributed by atoms with Crippen LogP contribution in [-0.4, -0.2) is 39.3 Å². The first kappa shape index (κ1) is 21.0. The van der Waals surface area contributed by atoms with E-state index in [1.54, 1.807) is 19.2 Å². The summed E-state index contributed by atoms with van der Waals surface area (Å²) >= 11 is 12.0. The Kier molecular flexibility index (Phi) is 6.23. The molecule has 0 aromatic heterocycles. The van der Waals surface area contributed by atoms with Crippen LogP contribution >= 0.6 is 23.2 Å². The largest absolute Gasteiger partial charge is 0.497 e. The number of ether oxygens (including phenoxy) is 1. The van der Waals surface area contributed by atoms with E-state index in [9.17, 15) is 4.79 Å². The Morgan fingerprint density at radius 1 is 1.20 bits per heavy atom. The molecule has 0 unspecified atom stereocenters. The van der Waals surface area contributed by atoms with E-state index in [1.165, 1.54) is 5.56 Å². The van der Waals surface area contributed by atoms with Crippen LogP contribution < -0.4 is 20.3 Å². The van der Waals surface area contributed by atoms with Crippen molar-refractivity contribution < 1.29 is 9.53 Å². The Balaban J connectivity index is 1.46. The van der Waals surface area contributed by atoms with E-state index >= 15 is 0 Å². The van der Waals surface area contributed by atoms with Crippen molar-refractivity contribution in [2.75, 3.05) is 38.2 Å². The quantitative estimate of drug-likeness (QED) is 0.705. The van der Waals surface area contributed by atoms with Crippen molar-refractivity contribution in [1.82, 2.24) is 10.6 Å². The van der Waals surface area contributed by atoms with Gasteiger partial charge in [0.25, 0.3) is 0 Å². The molecule has 4 rings (SSSR count). The van der Waals surface area contributed by atoms with Gasteiger partial charge in [-0.2, -0.15) is 0 Å². The number of anilines is 1. The van der Waals surface area contributed by atoms with Crippen LogP contribution in [0.2, 0.25) is 10.0 Å². The highest BCUT2D eigenvalue weighted by Gasteiger charge is 2.45. The molecule has 2 amide bonds. The molecule has 158 valence electrons. The van der Waals surface area contributed by atoms with Gasteiger partial charge in [-0.15, -0.1) is 0 Å². The number of amides is 2. The highest BCUT2D eigenvalue weighted by atomic mass is 35.5. The van der Waals surface area contributed by atoms with Crippen LogP contribution in [0.1, 0.15) is 24.0 Å². The van der Waals surface area contributed by atoms with E-state index in [1.807, 2.05) is 35.3 Å². The average Bonchev–Trinajstić information content (AvgIpc) is 3.07. The number of urea groups is 1. The van der Waals surface area contributed by atoms with Gasteiger partial charge in [0.2, 0.25) is 0 Å². The Hall–Kier alpha value is -2.21. The van der Waals surface area contributed by atoms with E-state index in [2.05, 4.69) is 16.7 Å².